The second-order valence-electron chi connectivity index (χ2n) is 8.14. The lowest BCUT2D eigenvalue weighted by Crippen LogP contribution is -2.59. The second kappa shape index (κ2) is 5.89. The molecule has 4 saturated carbocycles. The average molecular weight is 349 g/mol. The number of hydrogen-bond donors (Lipinski definition) is 1. The van der Waals surface area contributed by atoms with Gasteiger partial charge in [0.1, 0.15) is 0 Å². The lowest BCUT2D eigenvalue weighted by Gasteiger charge is -2.56. The largest absolute Gasteiger partial charge is 0.416 e. The number of hydrogen-bond acceptors (Lipinski definition) is 1. The molecule has 0 spiro atoms. The highest BCUT2D eigenvalue weighted by molar-refractivity contribution is 5.92. The maximum absolute atomic E-state index is 12.8. The molecule has 5 rings (SSSR count). The van der Waals surface area contributed by atoms with Crippen molar-refractivity contribution in [1.82, 2.24) is 5.32 Å². The summed E-state index contributed by atoms with van der Waals surface area (Å²) in [4.78, 5) is 12.4. The number of halogens is 3. The van der Waals surface area contributed by atoms with Crippen molar-refractivity contribution in [1.29, 1.82) is 0 Å². The van der Waals surface area contributed by atoms with Crippen LogP contribution in [0.15, 0.2) is 30.3 Å². The number of rotatable bonds is 3. The summed E-state index contributed by atoms with van der Waals surface area (Å²) in [6, 6.07) is 5.03. The Kier molecular flexibility index (Phi) is 3.93. The molecule has 1 aromatic rings. The minimum Gasteiger partial charge on any atom is -0.347 e. The van der Waals surface area contributed by atoms with E-state index in [9.17, 15) is 18.0 Å². The molecule has 5 heteroatoms. The van der Waals surface area contributed by atoms with E-state index >= 15 is 0 Å². The molecule has 25 heavy (non-hydrogen) atoms. The van der Waals surface area contributed by atoms with Crippen LogP contribution in [0, 0.1) is 17.8 Å². The zero-order valence-corrected chi connectivity index (χ0v) is 14.0. The van der Waals surface area contributed by atoms with Crippen molar-refractivity contribution < 1.29 is 18.0 Å². The van der Waals surface area contributed by atoms with Crippen molar-refractivity contribution in [2.24, 2.45) is 17.8 Å². The molecule has 4 aliphatic rings. The van der Waals surface area contributed by atoms with Gasteiger partial charge < -0.3 is 5.32 Å². The molecule has 2 nitrogen and oxygen atoms in total. The van der Waals surface area contributed by atoms with Crippen LogP contribution >= 0.6 is 0 Å². The number of carbonyl (C=O) groups is 1. The first-order valence-electron chi connectivity index (χ1n) is 8.99. The van der Waals surface area contributed by atoms with Gasteiger partial charge in [-0.1, -0.05) is 12.1 Å². The zero-order valence-electron chi connectivity index (χ0n) is 14.0. The van der Waals surface area contributed by atoms with Gasteiger partial charge in [-0.2, -0.15) is 13.2 Å². The van der Waals surface area contributed by atoms with E-state index in [0.717, 1.165) is 49.1 Å². The van der Waals surface area contributed by atoms with E-state index in [-0.39, 0.29) is 11.4 Å². The van der Waals surface area contributed by atoms with E-state index in [0.29, 0.717) is 5.56 Å². The summed E-state index contributed by atoms with van der Waals surface area (Å²) in [7, 11) is 0. The maximum atomic E-state index is 12.8. The first-order valence-corrected chi connectivity index (χ1v) is 8.99. The molecule has 1 N–H and O–H groups in total. The summed E-state index contributed by atoms with van der Waals surface area (Å²) in [6.45, 7) is 0. The summed E-state index contributed by atoms with van der Waals surface area (Å²) in [6.07, 6.45) is 5.54. The predicted molar refractivity (Wildman–Crippen MR) is 89.5 cm³/mol. The Morgan fingerprint density at radius 2 is 1.68 bits per heavy atom. The number of alkyl halides is 3. The van der Waals surface area contributed by atoms with Gasteiger partial charge in [0.05, 0.1) is 5.56 Å². The van der Waals surface area contributed by atoms with Crippen LogP contribution < -0.4 is 5.32 Å². The second-order valence-corrected chi connectivity index (χ2v) is 8.14. The summed E-state index contributed by atoms with van der Waals surface area (Å²) in [5.41, 5.74) is -0.393. The van der Waals surface area contributed by atoms with Gasteiger partial charge in [-0.25, -0.2) is 0 Å². The Hall–Kier alpha value is -1.78. The van der Waals surface area contributed by atoms with Gasteiger partial charge in [0.15, 0.2) is 0 Å². The molecule has 1 aromatic carbocycles. The molecular formula is C20H22F3NO. The van der Waals surface area contributed by atoms with Crippen molar-refractivity contribution >= 4 is 12.0 Å². The van der Waals surface area contributed by atoms with Gasteiger partial charge in [0, 0.05) is 11.6 Å². The fourth-order valence-electron chi connectivity index (χ4n) is 5.56. The van der Waals surface area contributed by atoms with Crippen LogP contribution in [0.5, 0.6) is 0 Å². The smallest absolute Gasteiger partial charge is 0.347 e. The summed E-state index contributed by atoms with van der Waals surface area (Å²) in [5, 5.41) is 3.19. The van der Waals surface area contributed by atoms with Crippen molar-refractivity contribution in [3.05, 3.63) is 41.5 Å². The van der Waals surface area contributed by atoms with Gasteiger partial charge >= 0.3 is 6.18 Å². The standard InChI is InChI=1S/C20H22F3NO/c21-20(22,23)17-3-1-2-13(9-17)4-5-18(25)24-19-10-14-6-15(11-19)8-16(7-14)12-19/h1-5,9,14-16H,6-8,10-12H2,(H,24,25)/b5-4+. The normalized spacial score (nSPS) is 33.8. The van der Waals surface area contributed by atoms with E-state index in [1.807, 2.05) is 0 Å². The van der Waals surface area contributed by atoms with Crippen LogP contribution in [0.3, 0.4) is 0 Å². The molecule has 4 aliphatic carbocycles. The van der Waals surface area contributed by atoms with Crippen molar-refractivity contribution in [2.75, 3.05) is 0 Å². The molecular weight excluding hydrogens is 327 g/mol. The Morgan fingerprint density at radius 3 is 2.24 bits per heavy atom. The first kappa shape index (κ1) is 16.7. The molecule has 0 unspecified atom stereocenters. The summed E-state index contributed by atoms with van der Waals surface area (Å²) in [5.74, 6) is 2.01. The molecule has 0 radical (unpaired) electrons. The first-order chi connectivity index (χ1) is 11.8. The molecule has 0 aromatic heterocycles. The van der Waals surface area contributed by atoms with Crippen LogP contribution in [0.4, 0.5) is 13.2 Å². The molecule has 4 fully saturated rings. The molecule has 1 amide bonds. The van der Waals surface area contributed by atoms with Gasteiger partial charge in [-0.3, -0.25) is 4.79 Å². The topological polar surface area (TPSA) is 29.1 Å². The highest BCUT2D eigenvalue weighted by Gasteiger charge is 2.51. The van der Waals surface area contributed by atoms with Crippen LogP contribution in [-0.4, -0.2) is 11.4 Å². The van der Waals surface area contributed by atoms with Crippen LogP contribution in [0.2, 0.25) is 0 Å². The molecule has 0 aliphatic heterocycles. The lowest BCUT2D eigenvalue weighted by molar-refractivity contribution is -0.137. The fourth-order valence-corrected chi connectivity index (χ4v) is 5.56. The molecule has 0 atom stereocenters. The molecule has 4 bridgehead atoms. The third-order valence-corrected chi connectivity index (χ3v) is 6.07. The number of amides is 1. The van der Waals surface area contributed by atoms with Gasteiger partial charge in [-0.05, 0) is 80.1 Å². The monoisotopic (exact) mass is 349 g/mol. The fraction of sp³-hybridized carbons (Fsp3) is 0.550. The van der Waals surface area contributed by atoms with Gasteiger partial charge in [0.25, 0.3) is 0 Å². The molecule has 0 heterocycles. The van der Waals surface area contributed by atoms with Crippen LogP contribution in [0.25, 0.3) is 6.08 Å². The van der Waals surface area contributed by atoms with E-state index < -0.39 is 11.7 Å². The third kappa shape index (κ3) is 3.46. The zero-order chi connectivity index (χ0) is 17.7. The minimum absolute atomic E-state index is 0.0794. The van der Waals surface area contributed by atoms with Crippen LogP contribution in [0.1, 0.15) is 49.7 Å². The van der Waals surface area contributed by atoms with Gasteiger partial charge in [0.2, 0.25) is 5.91 Å². The SMILES string of the molecule is O=C(/C=C/c1cccc(C(F)(F)F)c1)NC12CC3CC(CC(C3)C1)C2. The molecule has 134 valence electrons. The summed E-state index contributed by atoms with van der Waals surface area (Å²) < 4.78 is 38.3. The minimum atomic E-state index is -4.37. The summed E-state index contributed by atoms with van der Waals surface area (Å²) >= 11 is 0. The third-order valence-electron chi connectivity index (χ3n) is 6.07. The van der Waals surface area contributed by atoms with Gasteiger partial charge in [-0.15, -0.1) is 0 Å². The maximum Gasteiger partial charge on any atom is 0.416 e. The Morgan fingerprint density at radius 1 is 1.08 bits per heavy atom. The average Bonchev–Trinajstić information content (AvgIpc) is 2.50. The Balaban J connectivity index is 1.43. The highest BCUT2D eigenvalue weighted by Crippen LogP contribution is 2.55. The van der Waals surface area contributed by atoms with Crippen molar-refractivity contribution in [3.63, 3.8) is 0 Å². The number of nitrogens with one attached hydrogen (secondary N) is 1. The number of carbonyl (C=O) groups excluding carboxylic acids is 1. The number of benzene rings is 1. The highest BCUT2D eigenvalue weighted by atomic mass is 19.4. The Bertz CT molecular complexity index is 672. The predicted octanol–water partition coefficient (Wildman–Crippen LogP) is 4.80. The van der Waals surface area contributed by atoms with E-state index in [1.54, 1.807) is 6.07 Å². The molecule has 0 saturated heterocycles. The van der Waals surface area contributed by atoms with Crippen molar-refractivity contribution in [3.8, 4) is 0 Å². The quantitative estimate of drug-likeness (QED) is 0.780. The lowest BCUT2D eigenvalue weighted by atomic mass is 9.53. The van der Waals surface area contributed by atoms with E-state index in [2.05, 4.69) is 5.32 Å². The van der Waals surface area contributed by atoms with Crippen LogP contribution in [-0.2, 0) is 11.0 Å². The van der Waals surface area contributed by atoms with Crippen molar-refractivity contribution in [2.45, 2.75) is 50.2 Å². The Labute approximate surface area is 145 Å². The van der Waals surface area contributed by atoms with E-state index in [1.165, 1.54) is 37.5 Å². The van der Waals surface area contributed by atoms with E-state index in [4.69, 9.17) is 0 Å².